The molecule has 2 aliphatic heterocycles. The monoisotopic (exact) mass is 597 g/mol. The molecule has 14 heteroatoms. The average molecular weight is 598 g/mol. The van der Waals surface area contributed by atoms with Gasteiger partial charge in [-0.05, 0) is 49.8 Å². The highest BCUT2D eigenvalue weighted by atomic mass is 32.2. The number of H-pyrrole nitrogens is 2. The van der Waals surface area contributed by atoms with Crippen LogP contribution in [0.25, 0.3) is 10.9 Å². The molecule has 1 fully saturated rings. The van der Waals surface area contributed by atoms with Crippen LogP contribution < -0.4 is 5.32 Å². The third-order valence-corrected chi connectivity index (χ3v) is 10.4. The molecule has 0 bridgehead atoms. The first-order valence-corrected chi connectivity index (χ1v) is 15.5. The smallest absolute Gasteiger partial charge is 0.314 e. The predicted octanol–water partition coefficient (Wildman–Crippen LogP) is 2.83. The zero-order valence-corrected chi connectivity index (χ0v) is 24.1. The van der Waals surface area contributed by atoms with Gasteiger partial charge in [-0.25, -0.2) is 18.6 Å². The Hall–Kier alpha value is -3.35. The fourth-order valence-electron chi connectivity index (χ4n) is 5.23. The number of hydrogen-bond acceptors (Lipinski definition) is 9. The summed E-state index contributed by atoms with van der Waals surface area (Å²) in [7, 11) is -3.87. The Balaban J connectivity index is 1.27. The second-order valence-electron chi connectivity index (χ2n) is 10.0. The topological polar surface area (TPSA) is 140 Å². The second kappa shape index (κ2) is 10.6. The summed E-state index contributed by atoms with van der Waals surface area (Å²) >= 11 is 6.36. The molecule has 2 unspecified atom stereocenters. The first kappa shape index (κ1) is 26.9. The number of rotatable bonds is 6. The number of aryl methyl sites for hydroxylation is 1. The summed E-state index contributed by atoms with van der Waals surface area (Å²) in [5.41, 5.74) is 2.31. The zero-order valence-electron chi connectivity index (χ0n) is 21.6. The highest BCUT2D eigenvalue weighted by Crippen LogP contribution is 2.29. The minimum atomic E-state index is -3.87. The fraction of sp³-hybridized carbons (Fsp3) is 0.385. The lowest BCUT2D eigenvalue weighted by atomic mass is 10.1. The maximum absolute atomic E-state index is 13.7. The molecule has 2 aliphatic rings. The molecule has 0 radical (unpaired) electrons. The second-order valence-corrected chi connectivity index (χ2v) is 13.4. The van der Waals surface area contributed by atoms with Crippen LogP contribution in [0.15, 0.2) is 33.8 Å². The molecule has 6 rings (SSSR count). The number of aromatic nitrogens is 4. The molecule has 1 amide bonds. The Labute approximate surface area is 240 Å². The number of nitrogens with one attached hydrogen (secondary N) is 3. The quantitative estimate of drug-likeness (QED) is 0.228. The van der Waals surface area contributed by atoms with Crippen molar-refractivity contribution in [3.8, 4) is 12.3 Å². The van der Waals surface area contributed by atoms with Gasteiger partial charge >= 0.3 is 4.84 Å². The van der Waals surface area contributed by atoms with E-state index in [1.54, 1.807) is 29.2 Å². The van der Waals surface area contributed by atoms with E-state index < -0.39 is 16.1 Å². The van der Waals surface area contributed by atoms with Crippen LogP contribution in [0.5, 0.6) is 0 Å². The number of hydrogen-bond donors (Lipinski definition) is 3. The third-order valence-electron chi connectivity index (χ3n) is 7.36. The van der Waals surface area contributed by atoms with E-state index in [1.165, 1.54) is 15.6 Å². The Kier molecular flexibility index (Phi) is 7.09. The average Bonchev–Trinajstić information content (AvgIpc) is 3.68. The number of piperazine rings is 1. The number of carbonyl (C=O) groups excluding carboxylic acids is 1. The fourth-order valence-corrected chi connectivity index (χ4v) is 7.86. The lowest BCUT2D eigenvalue weighted by Crippen LogP contribution is -2.56. The molecule has 3 aromatic heterocycles. The molecule has 1 saturated heterocycles. The van der Waals surface area contributed by atoms with Crippen LogP contribution in [0.1, 0.15) is 45.1 Å². The van der Waals surface area contributed by atoms with E-state index in [0.717, 1.165) is 22.4 Å². The standard InChI is InChI=1S/C26H27N7O4S3/c1-3-16-4-6-19-17(11-16)12-23(28-19)40(35,36)32-8-9-33(18(14-32)5-7-22-30-26(38)37-31-22)25(34)24-29-20-10-15(2)27-13-21(20)39-24/h1,4,6,11-12,15,18,27-28H,5,7-10,13-14H2,2H3,(H,30,31,38). The Bertz CT molecular complexity index is 1800. The number of fused-ring (bicyclic) bond motifs is 2. The molecule has 5 heterocycles. The summed E-state index contributed by atoms with van der Waals surface area (Å²) in [5.74, 6) is 2.93. The van der Waals surface area contributed by atoms with Crippen molar-refractivity contribution < 1.29 is 17.7 Å². The van der Waals surface area contributed by atoms with Crippen molar-refractivity contribution in [2.45, 2.75) is 49.8 Å². The van der Waals surface area contributed by atoms with Crippen molar-refractivity contribution in [3.63, 3.8) is 0 Å². The number of carbonyl (C=O) groups is 1. The van der Waals surface area contributed by atoms with Crippen molar-refractivity contribution >= 4 is 50.4 Å². The van der Waals surface area contributed by atoms with E-state index in [4.69, 9.17) is 23.2 Å². The van der Waals surface area contributed by atoms with E-state index in [9.17, 15) is 13.2 Å². The van der Waals surface area contributed by atoms with Gasteiger partial charge in [-0.1, -0.05) is 5.92 Å². The molecular formula is C26H27N7O4S3. The van der Waals surface area contributed by atoms with Gasteiger partial charge < -0.3 is 19.7 Å². The Morgan fingerprint density at radius 1 is 1.30 bits per heavy atom. The highest BCUT2D eigenvalue weighted by Gasteiger charge is 2.38. The molecule has 2 atom stereocenters. The minimum absolute atomic E-state index is 0.0880. The normalized spacial score (nSPS) is 19.9. The van der Waals surface area contributed by atoms with Gasteiger partial charge in [0.1, 0.15) is 10.9 Å². The molecule has 0 spiro atoms. The van der Waals surface area contributed by atoms with Gasteiger partial charge in [0.05, 0.1) is 5.69 Å². The predicted molar refractivity (Wildman–Crippen MR) is 152 cm³/mol. The Morgan fingerprint density at radius 2 is 2.15 bits per heavy atom. The van der Waals surface area contributed by atoms with Gasteiger partial charge in [-0.2, -0.15) is 9.29 Å². The first-order chi connectivity index (χ1) is 19.2. The molecule has 0 saturated carbocycles. The van der Waals surface area contributed by atoms with Gasteiger partial charge in [0.15, 0.2) is 5.01 Å². The van der Waals surface area contributed by atoms with Gasteiger partial charge in [-0.3, -0.25) is 4.79 Å². The highest BCUT2D eigenvalue weighted by molar-refractivity contribution is 7.89. The van der Waals surface area contributed by atoms with Gasteiger partial charge in [0.25, 0.3) is 15.9 Å². The third kappa shape index (κ3) is 5.11. The lowest BCUT2D eigenvalue weighted by Gasteiger charge is -2.40. The van der Waals surface area contributed by atoms with Crippen LogP contribution in [-0.2, 0) is 29.4 Å². The maximum Gasteiger partial charge on any atom is 0.314 e. The lowest BCUT2D eigenvalue weighted by molar-refractivity contribution is 0.0549. The van der Waals surface area contributed by atoms with Crippen LogP contribution >= 0.6 is 23.6 Å². The zero-order chi connectivity index (χ0) is 28.0. The Morgan fingerprint density at radius 3 is 2.92 bits per heavy atom. The summed E-state index contributed by atoms with van der Waals surface area (Å²) in [6.07, 6.45) is 7.16. The summed E-state index contributed by atoms with van der Waals surface area (Å²) in [6.45, 7) is 3.30. The molecule has 0 aliphatic carbocycles. The van der Waals surface area contributed by atoms with Crippen molar-refractivity contribution in [3.05, 3.63) is 56.1 Å². The molecule has 1 aromatic carbocycles. The maximum atomic E-state index is 13.7. The molecule has 40 heavy (non-hydrogen) atoms. The molecular weight excluding hydrogens is 571 g/mol. The number of amides is 1. The molecule has 4 aromatic rings. The summed E-state index contributed by atoms with van der Waals surface area (Å²) in [4.78, 5) is 28.5. The largest absolute Gasteiger partial charge is 0.348 e. The van der Waals surface area contributed by atoms with Crippen LogP contribution in [-0.4, -0.2) is 75.4 Å². The van der Waals surface area contributed by atoms with Gasteiger partial charge in [0.2, 0.25) is 0 Å². The van der Waals surface area contributed by atoms with Crippen molar-refractivity contribution in [1.82, 2.24) is 34.6 Å². The molecule has 3 N–H and O–H groups in total. The van der Waals surface area contributed by atoms with Crippen molar-refractivity contribution in [2.75, 3.05) is 19.6 Å². The number of aromatic amines is 2. The number of sulfonamides is 1. The van der Waals surface area contributed by atoms with E-state index >= 15 is 0 Å². The molecule has 208 valence electrons. The van der Waals surface area contributed by atoms with E-state index in [1.807, 2.05) is 0 Å². The number of benzene rings is 1. The van der Waals surface area contributed by atoms with E-state index in [-0.39, 0.29) is 35.4 Å². The van der Waals surface area contributed by atoms with Crippen LogP contribution in [0, 0.1) is 17.2 Å². The summed E-state index contributed by atoms with van der Waals surface area (Å²) in [5, 5.41) is 7.33. The summed E-state index contributed by atoms with van der Waals surface area (Å²) in [6, 6.07) is 6.80. The van der Waals surface area contributed by atoms with Crippen LogP contribution in [0.2, 0.25) is 0 Å². The first-order valence-electron chi connectivity index (χ1n) is 12.9. The molecule has 11 nitrogen and oxygen atoms in total. The van der Waals surface area contributed by atoms with E-state index in [2.05, 4.69) is 38.3 Å². The number of nitrogens with zero attached hydrogens (tertiary/aromatic N) is 4. The van der Waals surface area contributed by atoms with Crippen molar-refractivity contribution in [2.24, 2.45) is 0 Å². The van der Waals surface area contributed by atoms with Crippen molar-refractivity contribution in [1.29, 1.82) is 0 Å². The number of terminal acetylenes is 1. The van der Waals surface area contributed by atoms with Gasteiger partial charge in [0, 0.05) is 72.4 Å². The van der Waals surface area contributed by atoms with Crippen LogP contribution in [0.3, 0.4) is 0 Å². The van der Waals surface area contributed by atoms with Gasteiger partial charge in [-0.15, -0.1) is 17.8 Å². The summed E-state index contributed by atoms with van der Waals surface area (Å²) < 4.78 is 33.9. The SMILES string of the molecule is C#Cc1ccc2[nH]c(S(=O)(=O)N3CCN(C(=O)c4nc5c(s4)CNC(C)C5)C(CCc4nc(=S)o[nH]4)C3)cc2c1. The van der Waals surface area contributed by atoms with Crippen LogP contribution in [0.4, 0.5) is 0 Å². The number of thiazole rings is 1. The van der Waals surface area contributed by atoms with E-state index in [0.29, 0.717) is 47.3 Å². The minimum Gasteiger partial charge on any atom is -0.348 e.